The number of thioether (sulfide) groups is 1. The van der Waals surface area contributed by atoms with Gasteiger partial charge < -0.3 is 15.4 Å². The van der Waals surface area contributed by atoms with Crippen LogP contribution in [0.2, 0.25) is 5.02 Å². The van der Waals surface area contributed by atoms with Gasteiger partial charge in [-0.05, 0) is 44.6 Å². The summed E-state index contributed by atoms with van der Waals surface area (Å²) in [5, 5.41) is 7.31. The van der Waals surface area contributed by atoms with Crippen molar-refractivity contribution < 1.29 is 4.74 Å². The summed E-state index contributed by atoms with van der Waals surface area (Å²) in [6.45, 7) is 10.7. The third-order valence-electron chi connectivity index (χ3n) is 5.99. The molecular formula is C21H27ClN6OS. The van der Waals surface area contributed by atoms with Crippen molar-refractivity contribution >= 4 is 41.7 Å². The van der Waals surface area contributed by atoms with E-state index in [0.717, 1.165) is 60.4 Å². The molecule has 9 heteroatoms. The summed E-state index contributed by atoms with van der Waals surface area (Å²) in [4.78, 5) is 12.0. The number of pyridine rings is 1. The van der Waals surface area contributed by atoms with Crippen molar-refractivity contribution in [2.75, 3.05) is 25.4 Å². The first kappa shape index (κ1) is 21.2. The lowest BCUT2D eigenvalue weighted by molar-refractivity contribution is 0.0840. The van der Waals surface area contributed by atoms with Gasteiger partial charge in [0.2, 0.25) is 0 Å². The van der Waals surface area contributed by atoms with Crippen LogP contribution in [0.25, 0.3) is 0 Å². The highest BCUT2D eigenvalue weighted by Gasteiger charge is 2.42. The topological polar surface area (TPSA) is 79.3 Å². The number of allylic oxidation sites excluding steroid dienone is 1. The number of aliphatic imine (C=N–C) groups is 1. The van der Waals surface area contributed by atoms with Crippen molar-refractivity contribution in [3.05, 3.63) is 40.3 Å². The number of hydrazone groups is 1. The highest BCUT2D eigenvalue weighted by Crippen LogP contribution is 2.43. The molecule has 0 radical (unpaired) electrons. The normalized spacial score (nSPS) is 24.9. The van der Waals surface area contributed by atoms with Gasteiger partial charge in [0.1, 0.15) is 16.5 Å². The Kier molecular flexibility index (Phi) is 6.09. The maximum Gasteiger partial charge on any atom is 0.154 e. The van der Waals surface area contributed by atoms with E-state index in [4.69, 9.17) is 27.1 Å². The molecule has 1 spiro atoms. The number of aromatic nitrogens is 1. The molecule has 0 unspecified atom stereocenters. The minimum atomic E-state index is 0.305. The molecule has 1 atom stereocenters. The summed E-state index contributed by atoms with van der Waals surface area (Å²) in [6, 6.07) is 1.83. The Labute approximate surface area is 186 Å². The fraction of sp³-hybridized carbons (Fsp3) is 0.476. The van der Waals surface area contributed by atoms with Gasteiger partial charge in [0, 0.05) is 30.9 Å². The zero-order valence-corrected chi connectivity index (χ0v) is 18.9. The van der Waals surface area contributed by atoms with Gasteiger partial charge in [-0.3, -0.25) is 0 Å². The zero-order chi connectivity index (χ0) is 21.3. The molecule has 0 aromatic carbocycles. The van der Waals surface area contributed by atoms with Crippen LogP contribution in [-0.2, 0) is 4.74 Å². The van der Waals surface area contributed by atoms with Gasteiger partial charge in [-0.1, -0.05) is 29.4 Å². The lowest BCUT2D eigenvalue weighted by atomic mass is 9.77. The van der Waals surface area contributed by atoms with E-state index in [1.54, 1.807) is 6.20 Å². The minimum Gasteiger partial charge on any atom is -0.382 e. The van der Waals surface area contributed by atoms with Gasteiger partial charge in [0.05, 0.1) is 23.9 Å². The third kappa shape index (κ3) is 3.96. The van der Waals surface area contributed by atoms with Crippen molar-refractivity contribution in [2.45, 2.75) is 44.1 Å². The first-order valence-corrected chi connectivity index (χ1v) is 11.3. The standard InChI is InChI=1S/C21H27ClN6OS/c1-4-15-20(27-9-6-21(7-10-27)11-14(2)29-13-21)26-12-17(28(15)24-3)30-16-5-8-25-19(23)18(16)22/h4-5,8,12,14H,3,6-7,9-11,13H2,1-2H3,(H2,23,25)/b15-4-/t14-/m0/s1. The number of nitrogen functional groups attached to an aromatic ring is 1. The predicted octanol–water partition coefficient (Wildman–Crippen LogP) is 4.33. The van der Waals surface area contributed by atoms with Gasteiger partial charge in [-0.2, -0.15) is 5.10 Å². The van der Waals surface area contributed by atoms with E-state index in [-0.39, 0.29) is 0 Å². The second-order valence-corrected chi connectivity index (χ2v) is 9.41. The molecule has 0 saturated carbocycles. The Morgan fingerprint density at radius 2 is 2.20 bits per heavy atom. The van der Waals surface area contributed by atoms with Crippen molar-refractivity contribution in [1.29, 1.82) is 0 Å². The molecule has 0 amide bonds. The van der Waals surface area contributed by atoms with Gasteiger partial charge in [0.25, 0.3) is 0 Å². The molecule has 2 fully saturated rings. The highest BCUT2D eigenvalue weighted by atomic mass is 35.5. The van der Waals surface area contributed by atoms with Crippen molar-refractivity contribution in [1.82, 2.24) is 14.9 Å². The zero-order valence-electron chi connectivity index (χ0n) is 17.3. The number of nitrogens with zero attached hydrogens (tertiary/aromatic N) is 5. The second-order valence-electron chi connectivity index (χ2n) is 7.97. The fourth-order valence-corrected chi connectivity index (χ4v) is 5.51. The number of hydrogen-bond acceptors (Lipinski definition) is 8. The maximum atomic E-state index is 6.32. The monoisotopic (exact) mass is 446 g/mol. The van der Waals surface area contributed by atoms with E-state index in [1.807, 2.05) is 30.3 Å². The van der Waals surface area contributed by atoms with Crippen molar-refractivity contribution in [3.63, 3.8) is 0 Å². The van der Waals surface area contributed by atoms with Crippen LogP contribution >= 0.6 is 23.4 Å². The SMILES string of the molecule is C=NN1C(Sc2ccnc(N)c2Cl)=CN=C(N2CCC3(CC2)CO[C@@H](C)C3)/C1=C/C. The Balaban J connectivity index is 1.55. The summed E-state index contributed by atoms with van der Waals surface area (Å²) in [6.07, 6.45) is 9.24. The highest BCUT2D eigenvalue weighted by molar-refractivity contribution is 8.03. The third-order valence-corrected chi connectivity index (χ3v) is 7.55. The lowest BCUT2D eigenvalue weighted by Crippen LogP contribution is -2.46. The molecule has 2 N–H and O–H groups in total. The molecule has 4 rings (SSSR count). The Hall–Kier alpha value is -2.03. The summed E-state index contributed by atoms with van der Waals surface area (Å²) >= 11 is 7.76. The number of halogens is 1. The van der Waals surface area contributed by atoms with Crippen LogP contribution in [0.3, 0.4) is 0 Å². The van der Waals surface area contributed by atoms with E-state index in [1.165, 1.54) is 11.8 Å². The van der Waals surface area contributed by atoms with Crippen LogP contribution in [-0.4, -0.2) is 53.2 Å². The number of piperidine rings is 1. The van der Waals surface area contributed by atoms with Gasteiger partial charge in [-0.15, -0.1) is 0 Å². The van der Waals surface area contributed by atoms with Gasteiger partial charge in [0.15, 0.2) is 5.84 Å². The van der Waals surface area contributed by atoms with E-state index in [2.05, 4.69) is 28.6 Å². The molecule has 30 heavy (non-hydrogen) atoms. The van der Waals surface area contributed by atoms with Crippen LogP contribution in [0, 0.1) is 5.41 Å². The number of anilines is 1. The van der Waals surface area contributed by atoms with E-state index in [0.29, 0.717) is 22.4 Å². The molecule has 7 nitrogen and oxygen atoms in total. The van der Waals surface area contributed by atoms with Crippen molar-refractivity contribution in [3.8, 4) is 0 Å². The quantitative estimate of drug-likeness (QED) is 0.696. The molecule has 0 bridgehead atoms. The summed E-state index contributed by atoms with van der Waals surface area (Å²) in [5.74, 6) is 1.23. The molecule has 4 heterocycles. The van der Waals surface area contributed by atoms with Crippen LogP contribution in [0.5, 0.6) is 0 Å². The molecule has 160 valence electrons. The van der Waals surface area contributed by atoms with E-state index in [9.17, 15) is 0 Å². The molecule has 2 saturated heterocycles. The second kappa shape index (κ2) is 8.61. The molecule has 0 aliphatic carbocycles. The summed E-state index contributed by atoms with van der Waals surface area (Å²) < 4.78 is 5.86. The summed E-state index contributed by atoms with van der Waals surface area (Å²) in [7, 11) is 0. The fourth-order valence-electron chi connectivity index (χ4n) is 4.38. The van der Waals surface area contributed by atoms with Crippen LogP contribution in [0.1, 0.15) is 33.1 Å². The molecule has 3 aliphatic rings. The number of amidine groups is 1. The molecule has 1 aromatic heterocycles. The average Bonchev–Trinajstić information content (AvgIpc) is 3.11. The van der Waals surface area contributed by atoms with Gasteiger partial charge >= 0.3 is 0 Å². The minimum absolute atomic E-state index is 0.305. The number of hydrogen-bond donors (Lipinski definition) is 1. The average molecular weight is 447 g/mol. The smallest absolute Gasteiger partial charge is 0.154 e. The van der Waals surface area contributed by atoms with Crippen LogP contribution in [0.4, 0.5) is 5.82 Å². The number of ether oxygens (including phenoxy) is 1. The van der Waals surface area contributed by atoms with Crippen LogP contribution in [0.15, 0.2) is 50.3 Å². The van der Waals surface area contributed by atoms with E-state index >= 15 is 0 Å². The predicted molar refractivity (Wildman–Crippen MR) is 123 cm³/mol. The Morgan fingerprint density at radius 1 is 1.43 bits per heavy atom. The molecule has 1 aromatic rings. The Bertz CT molecular complexity index is 922. The number of rotatable bonds is 3. The number of likely N-dealkylation sites (tertiary alicyclic amines) is 1. The first-order valence-electron chi connectivity index (χ1n) is 10.1. The lowest BCUT2D eigenvalue weighted by Gasteiger charge is -2.41. The maximum absolute atomic E-state index is 6.32. The molecule has 3 aliphatic heterocycles. The Morgan fingerprint density at radius 3 is 2.83 bits per heavy atom. The number of nitrogens with two attached hydrogens (primary N) is 1. The first-order chi connectivity index (χ1) is 14.5. The van der Waals surface area contributed by atoms with Crippen molar-refractivity contribution in [2.24, 2.45) is 15.5 Å². The largest absolute Gasteiger partial charge is 0.382 e. The van der Waals surface area contributed by atoms with Gasteiger partial charge in [-0.25, -0.2) is 15.0 Å². The summed E-state index contributed by atoms with van der Waals surface area (Å²) in [5.41, 5.74) is 7.09. The van der Waals surface area contributed by atoms with E-state index < -0.39 is 0 Å². The van der Waals surface area contributed by atoms with Crippen LogP contribution < -0.4 is 5.73 Å². The molecular weight excluding hydrogens is 420 g/mol.